The van der Waals surface area contributed by atoms with Crippen molar-refractivity contribution >= 4 is 41.0 Å². The van der Waals surface area contributed by atoms with E-state index in [1.807, 2.05) is 18.2 Å². The van der Waals surface area contributed by atoms with E-state index in [0.29, 0.717) is 41.7 Å². The smallest absolute Gasteiger partial charge is 0.408 e. The number of fused-ring (bicyclic) bond motifs is 3. The van der Waals surface area contributed by atoms with Crippen molar-refractivity contribution < 1.29 is 38.1 Å². The number of alkyl carbamates (subject to hydrolysis) is 1. The summed E-state index contributed by atoms with van der Waals surface area (Å²) < 4.78 is 23.2. The van der Waals surface area contributed by atoms with Crippen molar-refractivity contribution in [2.24, 2.45) is 11.8 Å². The number of benzene rings is 1. The number of rotatable bonds is 12. The van der Waals surface area contributed by atoms with Crippen molar-refractivity contribution in [3.63, 3.8) is 0 Å². The minimum atomic E-state index is -1.22. The summed E-state index contributed by atoms with van der Waals surface area (Å²) >= 11 is 0. The lowest BCUT2D eigenvalue weighted by Gasteiger charge is -2.30. The van der Waals surface area contributed by atoms with E-state index in [4.69, 9.17) is 23.9 Å². The van der Waals surface area contributed by atoms with Gasteiger partial charge in [0.25, 0.3) is 0 Å². The van der Waals surface area contributed by atoms with Crippen LogP contribution in [0.4, 0.5) is 4.79 Å². The first-order valence-corrected chi connectivity index (χ1v) is 19.9. The molecule has 3 fully saturated rings. The number of hydrogen-bond donors (Lipinski definition) is 2. The number of allylic oxidation sites excluding steroid dienone is 2. The van der Waals surface area contributed by atoms with E-state index in [1.54, 1.807) is 38.3 Å². The number of carbonyl (C=O) groups is 4. The molecule has 2 aliphatic heterocycles. The zero-order valence-corrected chi connectivity index (χ0v) is 32.1. The number of unbranched alkanes of at least 4 members (excludes halogenated alkanes) is 1. The Morgan fingerprint density at radius 1 is 1.09 bits per heavy atom. The normalized spacial score (nSPS) is 28.7. The quantitative estimate of drug-likeness (QED) is 0.145. The van der Waals surface area contributed by atoms with Crippen LogP contribution in [-0.2, 0) is 23.9 Å². The molecular weight excluding hydrogens is 702 g/mol. The van der Waals surface area contributed by atoms with Crippen molar-refractivity contribution in [1.82, 2.24) is 25.5 Å². The van der Waals surface area contributed by atoms with Crippen LogP contribution in [0.15, 0.2) is 49.6 Å². The SMILES string of the molecule is C=CCCC[C@@H]1CCC[C@H]1OC(=O)N[C@H]1CCCCC/C=C\[C@@H]2C[C@@]2(C(=O)OCC)NC(=O)[C@@H]2C[C@@H](Oc3nc4cc(OC)ccc4nc3C=C)CN2C1=O. The fourth-order valence-corrected chi connectivity index (χ4v) is 8.26. The summed E-state index contributed by atoms with van der Waals surface area (Å²) in [5.41, 5.74) is 0.347. The lowest BCUT2D eigenvalue weighted by molar-refractivity contribution is -0.150. The van der Waals surface area contributed by atoms with Crippen LogP contribution in [0, 0.1) is 11.8 Å². The van der Waals surface area contributed by atoms with E-state index in [0.717, 1.165) is 57.8 Å². The zero-order chi connectivity index (χ0) is 39.0. The average molecular weight is 758 g/mol. The molecule has 7 atom stereocenters. The predicted octanol–water partition coefficient (Wildman–Crippen LogP) is 6.21. The number of carbonyl (C=O) groups excluding carboxylic acids is 4. The van der Waals surface area contributed by atoms with Crippen molar-refractivity contribution in [2.75, 3.05) is 20.3 Å². The molecule has 3 heterocycles. The Balaban J connectivity index is 1.27. The molecule has 0 spiro atoms. The molecule has 2 N–H and O–H groups in total. The van der Waals surface area contributed by atoms with Crippen molar-refractivity contribution in [1.29, 1.82) is 0 Å². The molecule has 2 aromatic rings. The molecule has 0 bridgehead atoms. The van der Waals surface area contributed by atoms with Gasteiger partial charge in [-0.05, 0) is 95.3 Å². The Bertz CT molecular complexity index is 1780. The van der Waals surface area contributed by atoms with Gasteiger partial charge in [0.05, 0.1) is 31.3 Å². The number of amides is 3. The Hall–Kier alpha value is -4.94. The first-order chi connectivity index (χ1) is 26.7. The Labute approximate surface area is 323 Å². The van der Waals surface area contributed by atoms with Crippen LogP contribution in [0.25, 0.3) is 17.1 Å². The van der Waals surface area contributed by atoms with Gasteiger partial charge in [-0.3, -0.25) is 9.59 Å². The molecule has 6 rings (SSSR count). The van der Waals surface area contributed by atoms with Gasteiger partial charge in [0.15, 0.2) is 0 Å². The zero-order valence-electron chi connectivity index (χ0n) is 32.1. The Kier molecular flexibility index (Phi) is 13.1. The molecule has 4 aliphatic rings. The van der Waals surface area contributed by atoms with E-state index < -0.39 is 47.6 Å². The number of nitrogens with zero attached hydrogens (tertiary/aromatic N) is 3. The Morgan fingerprint density at radius 3 is 2.73 bits per heavy atom. The molecule has 55 heavy (non-hydrogen) atoms. The molecule has 13 nitrogen and oxygen atoms in total. The molecule has 0 radical (unpaired) electrons. The number of esters is 1. The predicted molar refractivity (Wildman–Crippen MR) is 207 cm³/mol. The summed E-state index contributed by atoms with van der Waals surface area (Å²) in [7, 11) is 1.57. The largest absolute Gasteiger partial charge is 0.497 e. The minimum absolute atomic E-state index is 0.0301. The molecule has 13 heteroatoms. The van der Waals surface area contributed by atoms with Gasteiger partial charge in [0, 0.05) is 18.4 Å². The Morgan fingerprint density at radius 2 is 1.95 bits per heavy atom. The molecule has 296 valence electrons. The van der Waals surface area contributed by atoms with E-state index in [-0.39, 0.29) is 43.4 Å². The van der Waals surface area contributed by atoms with Crippen LogP contribution in [0.5, 0.6) is 11.6 Å². The summed E-state index contributed by atoms with van der Waals surface area (Å²) in [4.78, 5) is 66.6. The molecule has 2 aliphatic carbocycles. The van der Waals surface area contributed by atoms with Crippen LogP contribution in [-0.4, -0.2) is 88.8 Å². The van der Waals surface area contributed by atoms with Gasteiger partial charge >= 0.3 is 12.1 Å². The number of aromatic nitrogens is 2. The van der Waals surface area contributed by atoms with Crippen molar-refractivity contribution in [2.45, 2.75) is 120 Å². The number of methoxy groups -OCH3 is 1. The molecule has 3 amide bonds. The third-order valence-electron chi connectivity index (χ3n) is 11.3. The van der Waals surface area contributed by atoms with E-state index in [2.05, 4.69) is 28.8 Å². The number of ether oxygens (including phenoxy) is 4. The first kappa shape index (κ1) is 39.7. The van der Waals surface area contributed by atoms with Gasteiger partial charge in [0.1, 0.15) is 41.3 Å². The highest BCUT2D eigenvalue weighted by atomic mass is 16.6. The van der Waals surface area contributed by atoms with Crippen LogP contribution in [0.1, 0.15) is 96.1 Å². The first-order valence-electron chi connectivity index (χ1n) is 19.9. The van der Waals surface area contributed by atoms with E-state index >= 15 is 0 Å². The standard InChI is InChI=1S/C42H55N5O8/c1-5-8-12-16-27-17-15-20-36(27)55-41(51)45-33-19-14-11-9-10-13-18-28-25-42(28,40(50)53-7-3)46-37(48)35-24-30(26-47(35)39(33)49)54-38-31(6-2)43-32-22-21-29(52-4)23-34(32)44-38/h5-6,13,18,21-23,27-28,30,33,35-36H,1-2,7-12,14-17,19-20,24-26H2,3-4H3,(H,45,51)(H,46,48)/b18-13-/t27-,28-,30-,33+,35+,36-,42-/m1/s1. The lowest BCUT2D eigenvalue weighted by Crippen LogP contribution is -2.56. The molecular formula is C42H55N5O8. The third-order valence-corrected chi connectivity index (χ3v) is 11.3. The van der Waals surface area contributed by atoms with Crippen LogP contribution < -0.4 is 20.1 Å². The fourth-order valence-electron chi connectivity index (χ4n) is 8.26. The van der Waals surface area contributed by atoms with Crippen LogP contribution >= 0.6 is 0 Å². The molecule has 1 aromatic carbocycles. The fraction of sp³-hybridized carbons (Fsp3) is 0.571. The maximum Gasteiger partial charge on any atom is 0.408 e. The van der Waals surface area contributed by atoms with Crippen molar-refractivity contribution in [3.8, 4) is 11.6 Å². The minimum Gasteiger partial charge on any atom is -0.497 e. The second-order valence-corrected chi connectivity index (χ2v) is 15.1. The highest BCUT2D eigenvalue weighted by Gasteiger charge is 2.62. The molecule has 2 saturated carbocycles. The second kappa shape index (κ2) is 18.1. The van der Waals surface area contributed by atoms with Gasteiger partial charge < -0.3 is 34.5 Å². The van der Waals surface area contributed by atoms with Gasteiger partial charge in [-0.2, -0.15) is 0 Å². The highest BCUT2D eigenvalue weighted by Crippen LogP contribution is 2.46. The summed E-state index contributed by atoms with van der Waals surface area (Å²) in [5, 5.41) is 5.90. The van der Waals surface area contributed by atoms with Crippen LogP contribution in [0.3, 0.4) is 0 Å². The van der Waals surface area contributed by atoms with E-state index in [9.17, 15) is 19.2 Å². The summed E-state index contributed by atoms with van der Waals surface area (Å²) in [5.74, 6) is -0.565. The summed E-state index contributed by atoms with van der Waals surface area (Å²) in [6.45, 7) is 9.64. The van der Waals surface area contributed by atoms with Gasteiger partial charge in [-0.25, -0.2) is 19.6 Å². The topological polar surface area (TPSA) is 158 Å². The van der Waals surface area contributed by atoms with Gasteiger partial charge in [0.2, 0.25) is 17.7 Å². The third kappa shape index (κ3) is 9.30. The number of nitrogens with one attached hydrogen (secondary N) is 2. The van der Waals surface area contributed by atoms with Gasteiger partial charge in [-0.1, -0.05) is 37.6 Å². The summed E-state index contributed by atoms with van der Waals surface area (Å²) in [6, 6.07) is 3.38. The van der Waals surface area contributed by atoms with E-state index in [1.165, 1.54) is 4.90 Å². The van der Waals surface area contributed by atoms with Crippen LogP contribution in [0.2, 0.25) is 0 Å². The second-order valence-electron chi connectivity index (χ2n) is 15.1. The molecule has 1 aromatic heterocycles. The maximum atomic E-state index is 14.6. The molecule has 0 unspecified atom stereocenters. The summed E-state index contributed by atoms with van der Waals surface area (Å²) in [6.07, 6.45) is 15.6. The number of hydrogen-bond acceptors (Lipinski definition) is 10. The van der Waals surface area contributed by atoms with Crippen molar-refractivity contribution in [3.05, 3.63) is 55.3 Å². The lowest BCUT2D eigenvalue weighted by atomic mass is 9.98. The highest BCUT2D eigenvalue weighted by molar-refractivity contribution is 5.96. The maximum absolute atomic E-state index is 14.6. The van der Waals surface area contributed by atoms with Gasteiger partial charge in [-0.15, -0.1) is 6.58 Å². The average Bonchev–Trinajstić information content (AvgIpc) is 3.44. The molecule has 1 saturated heterocycles. The monoisotopic (exact) mass is 757 g/mol.